The molecule has 1 heterocycles. The molecule has 2 aliphatic rings. The maximum absolute atomic E-state index is 13.1. The van der Waals surface area contributed by atoms with E-state index in [1.807, 2.05) is 48.5 Å². The van der Waals surface area contributed by atoms with Crippen LogP contribution in [0.1, 0.15) is 50.5 Å². The lowest BCUT2D eigenvalue weighted by molar-refractivity contribution is 0.114. The summed E-state index contributed by atoms with van der Waals surface area (Å²) in [5, 5.41) is 12.7. The number of urea groups is 1. The number of hydrogen-bond acceptors (Lipinski definition) is 3. The third-order valence-corrected chi connectivity index (χ3v) is 7.54. The molecule has 1 aliphatic carbocycles. The van der Waals surface area contributed by atoms with E-state index in [9.17, 15) is 9.90 Å². The minimum Gasteiger partial charge on any atom is -0.484 e. The smallest absolute Gasteiger partial charge is 0.326 e. The molecule has 0 saturated heterocycles. The maximum Gasteiger partial charge on any atom is 0.326 e. The Bertz CT molecular complexity index is 1140. The van der Waals surface area contributed by atoms with Gasteiger partial charge in [-0.2, -0.15) is 0 Å². The number of fused-ring (bicyclic) bond motifs is 1. The minimum atomic E-state index is -0.472. The highest BCUT2D eigenvalue weighted by Crippen LogP contribution is 2.40. The standard InChI is InChI=1S/C30H34N2O3/c1-2-21-8-10-22(11-9-21)23-12-14-24(15-13-23)25-16-17-28-29(18-25)35-27(20-33)19-32(28)30(34)31-26-6-4-3-5-7-26/h3-7,12-18,21-22,27,33H,2,8-11,19-20H2,1H3,(H,31,34). The summed E-state index contributed by atoms with van der Waals surface area (Å²) in [6.45, 7) is 2.43. The molecule has 0 bridgehead atoms. The van der Waals surface area contributed by atoms with Crippen LogP contribution in [0.5, 0.6) is 5.75 Å². The quantitative estimate of drug-likeness (QED) is 0.430. The Kier molecular flexibility index (Phi) is 7.05. The third kappa shape index (κ3) is 5.20. The van der Waals surface area contributed by atoms with Crippen molar-refractivity contribution in [2.75, 3.05) is 23.4 Å². The van der Waals surface area contributed by atoms with Crippen LogP contribution < -0.4 is 15.0 Å². The van der Waals surface area contributed by atoms with Gasteiger partial charge in [0, 0.05) is 5.69 Å². The first-order valence-corrected chi connectivity index (χ1v) is 12.8. The van der Waals surface area contributed by atoms with Crippen LogP contribution in [0.3, 0.4) is 0 Å². The van der Waals surface area contributed by atoms with Gasteiger partial charge < -0.3 is 15.2 Å². The van der Waals surface area contributed by atoms with Crippen LogP contribution in [0.25, 0.3) is 11.1 Å². The Hall–Kier alpha value is -3.31. The molecule has 5 heteroatoms. The number of para-hydroxylation sites is 1. The van der Waals surface area contributed by atoms with E-state index in [-0.39, 0.29) is 19.2 Å². The first kappa shape index (κ1) is 23.4. The molecule has 5 rings (SSSR count). The number of ether oxygens (including phenoxy) is 1. The Morgan fingerprint density at radius 1 is 0.971 bits per heavy atom. The van der Waals surface area contributed by atoms with E-state index in [0.717, 1.165) is 22.7 Å². The molecule has 182 valence electrons. The number of nitrogens with one attached hydrogen (secondary N) is 1. The zero-order valence-corrected chi connectivity index (χ0v) is 20.3. The van der Waals surface area contributed by atoms with Gasteiger partial charge in [-0.05, 0) is 78.5 Å². The number of carbonyl (C=O) groups excluding carboxylic acids is 1. The summed E-state index contributed by atoms with van der Waals surface area (Å²) in [6, 6.07) is 24.0. The van der Waals surface area contributed by atoms with Gasteiger partial charge in [-0.25, -0.2) is 4.79 Å². The van der Waals surface area contributed by atoms with Crippen molar-refractivity contribution in [2.24, 2.45) is 5.92 Å². The average molecular weight is 471 g/mol. The molecular formula is C30H34N2O3. The number of carbonyl (C=O) groups is 1. The molecule has 1 unspecified atom stereocenters. The molecule has 2 amide bonds. The van der Waals surface area contributed by atoms with Gasteiger partial charge in [-0.1, -0.05) is 61.9 Å². The van der Waals surface area contributed by atoms with Gasteiger partial charge in [-0.15, -0.1) is 0 Å². The van der Waals surface area contributed by atoms with E-state index in [4.69, 9.17) is 4.74 Å². The summed E-state index contributed by atoms with van der Waals surface area (Å²) in [7, 11) is 0. The van der Waals surface area contributed by atoms with Gasteiger partial charge >= 0.3 is 6.03 Å². The van der Waals surface area contributed by atoms with Gasteiger partial charge in [-0.3, -0.25) is 4.90 Å². The van der Waals surface area contributed by atoms with Gasteiger partial charge in [0.2, 0.25) is 0 Å². The first-order valence-electron chi connectivity index (χ1n) is 12.8. The molecule has 0 aromatic heterocycles. The molecule has 35 heavy (non-hydrogen) atoms. The minimum absolute atomic E-state index is 0.159. The van der Waals surface area contributed by atoms with E-state index >= 15 is 0 Å². The zero-order chi connectivity index (χ0) is 24.2. The normalized spacial score (nSPS) is 21.7. The SMILES string of the molecule is CCC1CCC(c2ccc(-c3ccc4c(c3)OC(CO)CN4C(=O)Nc3ccccc3)cc2)CC1. The van der Waals surface area contributed by atoms with Crippen molar-refractivity contribution in [3.8, 4) is 16.9 Å². The predicted octanol–water partition coefficient (Wildman–Crippen LogP) is 6.83. The van der Waals surface area contributed by atoms with E-state index in [2.05, 4.69) is 36.5 Å². The summed E-state index contributed by atoms with van der Waals surface area (Å²) >= 11 is 0. The second-order valence-corrected chi connectivity index (χ2v) is 9.76. The van der Waals surface area contributed by atoms with Gasteiger partial charge in [0.25, 0.3) is 0 Å². The third-order valence-electron chi connectivity index (χ3n) is 7.54. The highest BCUT2D eigenvalue weighted by Gasteiger charge is 2.30. The largest absolute Gasteiger partial charge is 0.484 e. The highest BCUT2D eigenvalue weighted by atomic mass is 16.5. The van der Waals surface area contributed by atoms with Crippen molar-refractivity contribution in [1.29, 1.82) is 0 Å². The molecule has 1 atom stereocenters. The Morgan fingerprint density at radius 3 is 2.37 bits per heavy atom. The molecule has 5 nitrogen and oxygen atoms in total. The van der Waals surface area contributed by atoms with E-state index in [1.54, 1.807) is 4.90 Å². The average Bonchev–Trinajstić information content (AvgIpc) is 2.92. The fourth-order valence-corrected chi connectivity index (χ4v) is 5.38. The summed E-state index contributed by atoms with van der Waals surface area (Å²) in [4.78, 5) is 14.7. The molecule has 1 fully saturated rings. The van der Waals surface area contributed by atoms with Crippen molar-refractivity contribution in [1.82, 2.24) is 0 Å². The molecule has 3 aromatic rings. The van der Waals surface area contributed by atoms with Crippen LogP contribution in [0.15, 0.2) is 72.8 Å². The zero-order valence-electron chi connectivity index (χ0n) is 20.3. The van der Waals surface area contributed by atoms with Crippen LogP contribution in [-0.4, -0.2) is 30.4 Å². The van der Waals surface area contributed by atoms with Crippen LogP contribution in [-0.2, 0) is 0 Å². The summed E-state index contributed by atoms with van der Waals surface area (Å²) in [6.07, 6.45) is 6.08. The molecule has 0 radical (unpaired) electrons. The monoisotopic (exact) mass is 470 g/mol. The fourth-order valence-electron chi connectivity index (χ4n) is 5.38. The number of amides is 2. The number of anilines is 2. The topological polar surface area (TPSA) is 61.8 Å². The molecule has 1 aliphatic heterocycles. The number of benzene rings is 3. The molecular weight excluding hydrogens is 436 g/mol. The second kappa shape index (κ2) is 10.5. The predicted molar refractivity (Wildman–Crippen MR) is 141 cm³/mol. The van der Waals surface area contributed by atoms with Crippen molar-refractivity contribution in [2.45, 2.75) is 51.0 Å². The number of aliphatic hydroxyl groups is 1. The van der Waals surface area contributed by atoms with Crippen molar-refractivity contribution in [3.05, 3.63) is 78.4 Å². The van der Waals surface area contributed by atoms with Crippen LogP contribution in [0.2, 0.25) is 0 Å². The van der Waals surface area contributed by atoms with E-state index in [0.29, 0.717) is 17.4 Å². The van der Waals surface area contributed by atoms with Crippen molar-refractivity contribution in [3.63, 3.8) is 0 Å². The highest BCUT2D eigenvalue weighted by molar-refractivity contribution is 6.03. The van der Waals surface area contributed by atoms with Crippen LogP contribution in [0, 0.1) is 5.92 Å². The van der Waals surface area contributed by atoms with Crippen LogP contribution in [0.4, 0.5) is 16.2 Å². The van der Waals surface area contributed by atoms with Crippen molar-refractivity contribution < 1.29 is 14.6 Å². The van der Waals surface area contributed by atoms with Gasteiger partial charge in [0.05, 0.1) is 18.8 Å². The Labute approximate surface area is 207 Å². The lowest BCUT2D eigenvalue weighted by Gasteiger charge is -2.34. The van der Waals surface area contributed by atoms with E-state index < -0.39 is 6.10 Å². The lowest BCUT2D eigenvalue weighted by atomic mass is 9.77. The summed E-state index contributed by atoms with van der Waals surface area (Å²) in [5.41, 5.74) is 5.02. The Balaban J connectivity index is 1.35. The summed E-state index contributed by atoms with van der Waals surface area (Å²) in [5.74, 6) is 2.18. The molecule has 2 N–H and O–H groups in total. The molecule has 3 aromatic carbocycles. The van der Waals surface area contributed by atoms with Crippen LogP contribution >= 0.6 is 0 Å². The fraction of sp³-hybridized carbons (Fsp3) is 0.367. The van der Waals surface area contributed by atoms with Gasteiger partial charge in [0.1, 0.15) is 11.9 Å². The summed E-state index contributed by atoms with van der Waals surface area (Å²) < 4.78 is 6.04. The van der Waals surface area contributed by atoms with E-state index in [1.165, 1.54) is 37.7 Å². The number of hydrogen-bond donors (Lipinski definition) is 2. The number of nitrogens with zero attached hydrogens (tertiary/aromatic N) is 1. The number of rotatable bonds is 5. The lowest BCUT2D eigenvalue weighted by Crippen LogP contribution is -2.46. The van der Waals surface area contributed by atoms with Crippen molar-refractivity contribution >= 4 is 17.4 Å². The maximum atomic E-state index is 13.1. The number of aliphatic hydroxyl groups excluding tert-OH is 1. The second-order valence-electron chi connectivity index (χ2n) is 9.76. The molecule has 0 spiro atoms. The van der Waals surface area contributed by atoms with Gasteiger partial charge in [0.15, 0.2) is 0 Å². The molecule has 1 saturated carbocycles. The first-order chi connectivity index (χ1) is 17.1. The Morgan fingerprint density at radius 2 is 1.69 bits per heavy atom.